The van der Waals surface area contributed by atoms with E-state index in [-0.39, 0.29) is 11.5 Å². The van der Waals surface area contributed by atoms with Crippen LogP contribution in [0.3, 0.4) is 0 Å². The molecule has 0 saturated heterocycles. The van der Waals surface area contributed by atoms with Gasteiger partial charge in [0.05, 0.1) is 5.52 Å². The first kappa shape index (κ1) is 19.6. The van der Waals surface area contributed by atoms with Gasteiger partial charge in [-0.25, -0.2) is 4.98 Å². The van der Waals surface area contributed by atoms with Crippen molar-refractivity contribution in [3.8, 4) is 11.1 Å². The molecule has 0 atom stereocenters. The van der Waals surface area contributed by atoms with Gasteiger partial charge in [-0.2, -0.15) is 0 Å². The highest BCUT2D eigenvalue weighted by Gasteiger charge is 2.15. The zero-order valence-electron chi connectivity index (χ0n) is 17.4. The summed E-state index contributed by atoms with van der Waals surface area (Å²) in [4.78, 5) is 34.2. The van der Waals surface area contributed by atoms with Gasteiger partial charge < -0.3 is 14.5 Å². The molecule has 1 aromatic carbocycles. The van der Waals surface area contributed by atoms with Crippen molar-refractivity contribution >= 4 is 22.5 Å². The number of aromatic nitrogens is 4. The monoisotopic (exact) mass is 401 g/mol. The van der Waals surface area contributed by atoms with Crippen molar-refractivity contribution in [3.05, 3.63) is 76.4 Å². The molecule has 1 amide bonds. The summed E-state index contributed by atoms with van der Waals surface area (Å²) in [5, 5.41) is 3.76. The topological polar surface area (TPSA) is 81.8 Å². The molecule has 152 valence electrons. The number of rotatable bonds is 4. The molecular formula is C23H23N5O2. The fourth-order valence-electron chi connectivity index (χ4n) is 3.55. The van der Waals surface area contributed by atoms with Gasteiger partial charge in [-0.15, -0.1) is 0 Å². The molecular weight excluding hydrogens is 378 g/mol. The minimum absolute atomic E-state index is 0.0913. The van der Waals surface area contributed by atoms with Crippen LogP contribution in [0.1, 0.15) is 28.8 Å². The molecule has 0 aliphatic heterocycles. The third kappa shape index (κ3) is 3.39. The number of nitrogens with zero attached hydrogens (tertiary/aromatic N) is 4. The van der Waals surface area contributed by atoms with Gasteiger partial charge >= 0.3 is 0 Å². The van der Waals surface area contributed by atoms with E-state index in [1.54, 1.807) is 41.8 Å². The summed E-state index contributed by atoms with van der Waals surface area (Å²) >= 11 is 0. The SMILES string of the molecule is CCc1cc2c(cn1)cc(-c1cc(NC(=O)c3nccn3C)ccc1C)c(=O)n2C. The van der Waals surface area contributed by atoms with Crippen LogP contribution < -0.4 is 10.9 Å². The molecule has 0 aliphatic carbocycles. The van der Waals surface area contributed by atoms with Crippen LogP contribution in [-0.4, -0.2) is 25.0 Å². The second-order valence-corrected chi connectivity index (χ2v) is 7.36. The van der Waals surface area contributed by atoms with E-state index in [2.05, 4.69) is 15.3 Å². The number of fused-ring (bicyclic) bond motifs is 1. The Kier molecular flexibility index (Phi) is 4.95. The minimum atomic E-state index is -0.306. The van der Waals surface area contributed by atoms with Crippen molar-refractivity contribution < 1.29 is 4.79 Å². The van der Waals surface area contributed by atoms with Crippen LogP contribution in [-0.2, 0) is 20.5 Å². The zero-order chi connectivity index (χ0) is 21.4. The van der Waals surface area contributed by atoms with Crippen LogP contribution >= 0.6 is 0 Å². The Morgan fingerprint density at radius 1 is 1.10 bits per heavy atom. The summed E-state index contributed by atoms with van der Waals surface area (Å²) in [6, 6.07) is 9.37. The lowest BCUT2D eigenvalue weighted by atomic mass is 9.99. The molecule has 0 saturated carbocycles. The Hall–Kier alpha value is -3.74. The van der Waals surface area contributed by atoms with E-state index >= 15 is 0 Å². The van der Waals surface area contributed by atoms with Crippen molar-refractivity contribution in [2.24, 2.45) is 14.1 Å². The minimum Gasteiger partial charge on any atom is -0.330 e. The first-order chi connectivity index (χ1) is 14.4. The van der Waals surface area contributed by atoms with E-state index in [1.165, 1.54) is 0 Å². The second-order valence-electron chi connectivity index (χ2n) is 7.36. The molecule has 3 aromatic heterocycles. The average Bonchev–Trinajstić information content (AvgIpc) is 3.18. The van der Waals surface area contributed by atoms with Crippen LogP contribution in [0.5, 0.6) is 0 Å². The Balaban J connectivity index is 1.79. The Labute approximate surface area is 174 Å². The molecule has 7 heteroatoms. The van der Waals surface area contributed by atoms with Gasteiger partial charge in [0, 0.05) is 55.0 Å². The van der Waals surface area contributed by atoms with Gasteiger partial charge in [0.25, 0.3) is 11.5 Å². The summed E-state index contributed by atoms with van der Waals surface area (Å²) in [6.07, 6.45) is 5.90. The van der Waals surface area contributed by atoms with Crippen LogP contribution in [0, 0.1) is 6.92 Å². The molecule has 3 heterocycles. The highest BCUT2D eigenvalue weighted by Crippen LogP contribution is 2.27. The van der Waals surface area contributed by atoms with Crippen molar-refractivity contribution in [3.63, 3.8) is 0 Å². The number of pyridine rings is 2. The highest BCUT2D eigenvalue weighted by atomic mass is 16.2. The molecule has 0 aliphatic rings. The Morgan fingerprint density at radius 3 is 2.60 bits per heavy atom. The predicted molar refractivity (Wildman–Crippen MR) is 118 cm³/mol. The molecule has 1 N–H and O–H groups in total. The van der Waals surface area contributed by atoms with E-state index in [0.29, 0.717) is 17.1 Å². The van der Waals surface area contributed by atoms with Gasteiger partial charge in [0.15, 0.2) is 5.82 Å². The third-order valence-electron chi connectivity index (χ3n) is 5.34. The number of benzene rings is 1. The molecule has 0 unspecified atom stereocenters. The standard InChI is InChI=1S/C23H23N5O2/c1-5-16-12-20-15(13-25-16)10-19(23(30)28(20)4)18-11-17(7-6-14(18)2)26-22(29)21-24-8-9-27(21)3/h6-13H,5H2,1-4H3,(H,26,29). The number of carbonyl (C=O) groups excluding carboxylic acids is 1. The fourth-order valence-corrected chi connectivity index (χ4v) is 3.55. The van der Waals surface area contributed by atoms with Crippen molar-refractivity contribution in [2.75, 3.05) is 5.32 Å². The number of carbonyl (C=O) groups is 1. The van der Waals surface area contributed by atoms with Gasteiger partial charge in [-0.3, -0.25) is 14.6 Å². The largest absolute Gasteiger partial charge is 0.330 e. The van der Waals surface area contributed by atoms with Gasteiger partial charge in [0.2, 0.25) is 0 Å². The van der Waals surface area contributed by atoms with E-state index in [4.69, 9.17) is 0 Å². The number of hydrogen-bond acceptors (Lipinski definition) is 4. The maximum absolute atomic E-state index is 13.1. The van der Waals surface area contributed by atoms with Gasteiger partial charge in [-0.05, 0) is 48.7 Å². The first-order valence-electron chi connectivity index (χ1n) is 9.77. The third-order valence-corrected chi connectivity index (χ3v) is 5.34. The van der Waals surface area contributed by atoms with E-state index in [1.807, 2.05) is 44.2 Å². The van der Waals surface area contributed by atoms with Crippen molar-refractivity contribution in [2.45, 2.75) is 20.3 Å². The van der Waals surface area contributed by atoms with Crippen LogP contribution in [0.2, 0.25) is 0 Å². The summed E-state index contributed by atoms with van der Waals surface area (Å²) in [6.45, 7) is 3.98. The Morgan fingerprint density at radius 2 is 1.90 bits per heavy atom. The number of hydrogen-bond donors (Lipinski definition) is 1. The average molecular weight is 401 g/mol. The Bertz CT molecular complexity index is 1330. The molecule has 7 nitrogen and oxygen atoms in total. The lowest BCUT2D eigenvalue weighted by Crippen LogP contribution is -2.20. The number of imidazole rings is 1. The maximum atomic E-state index is 13.1. The van der Waals surface area contributed by atoms with E-state index in [9.17, 15) is 9.59 Å². The number of aryl methyl sites for hydroxylation is 4. The molecule has 30 heavy (non-hydrogen) atoms. The van der Waals surface area contributed by atoms with Crippen molar-refractivity contribution in [1.29, 1.82) is 0 Å². The summed E-state index contributed by atoms with van der Waals surface area (Å²) in [5.41, 5.74) is 4.60. The normalized spacial score (nSPS) is 11.1. The lowest BCUT2D eigenvalue weighted by molar-refractivity contribution is 0.101. The number of nitrogens with one attached hydrogen (secondary N) is 1. The second kappa shape index (κ2) is 7.59. The first-order valence-corrected chi connectivity index (χ1v) is 9.77. The number of anilines is 1. The molecule has 0 spiro atoms. The van der Waals surface area contributed by atoms with Gasteiger partial charge in [0.1, 0.15) is 0 Å². The number of amides is 1. The van der Waals surface area contributed by atoms with Gasteiger partial charge in [-0.1, -0.05) is 13.0 Å². The lowest BCUT2D eigenvalue weighted by Gasteiger charge is -2.13. The molecule has 4 rings (SSSR count). The summed E-state index contributed by atoms with van der Waals surface area (Å²) in [7, 11) is 3.54. The van der Waals surface area contributed by atoms with E-state index in [0.717, 1.165) is 34.1 Å². The van der Waals surface area contributed by atoms with E-state index < -0.39 is 0 Å². The van der Waals surface area contributed by atoms with Crippen molar-refractivity contribution in [1.82, 2.24) is 19.1 Å². The maximum Gasteiger partial charge on any atom is 0.291 e. The quantitative estimate of drug-likeness (QED) is 0.568. The van der Waals surface area contributed by atoms with Crippen LogP contribution in [0.25, 0.3) is 22.0 Å². The fraction of sp³-hybridized carbons (Fsp3) is 0.217. The smallest absolute Gasteiger partial charge is 0.291 e. The summed E-state index contributed by atoms with van der Waals surface area (Å²) < 4.78 is 3.31. The molecule has 0 radical (unpaired) electrons. The summed E-state index contributed by atoms with van der Waals surface area (Å²) in [5.74, 6) is 0.0107. The van der Waals surface area contributed by atoms with Crippen LogP contribution in [0.15, 0.2) is 53.7 Å². The molecule has 4 aromatic rings. The predicted octanol–water partition coefficient (Wildman–Crippen LogP) is 3.46. The molecule has 0 fully saturated rings. The zero-order valence-corrected chi connectivity index (χ0v) is 17.4. The highest BCUT2D eigenvalue weighted by molar-refractivity contribution is 6.02. The van der Waals surface area contributed by atoms with Crippen LogP contribution in [0.4, 0.5) is 5.69 Å². The molecule has 0 bridgehead atoms.